The van der Waals surface area contributed by atoms with Gasteiger partial charge in [-0.3, -0.25) is 0 Å². The lowest BCUT2D eigenvalue weighted by Crippen LogP contribution is -2.43. The molecule has 16 heavy (non-hydrogen) atoms. The molecule has 0 spiro atoms. The summed E-state index contributed by atoms with van der Waals surface area (Å²) in [6, 6.07) is 0.608. The van der Waals surface area contributed by atoms with Crippen LogP contribution in [-0.2, 0) is 4.74 Å². The average molecular weight is 225 g/mol. The van der Waals surface area contributed by atoms with Gasteiger partial charge in [0.25, 0.3) is 0 Å². The van der Waals surface area contributed by atoms with E-state index in [4.69, 9.17) is 4.74 Å². The molecule has 0 radical (unpaired) electrons. The fourth-order valence-corrected chi connectivity index (χ4v) is 3.22. The summed E-state index contributed by atoms with van der Waals surface area (Å²) in [5, 5.41) is 3.43. The van der Waals surface area contributed by atoms with Gasteiger partial charge in [0.1, 0.15) is 0 Å². The van der Waals surface area contributed by atoms with Crippen molar-refractivity contribution in [1.29, 1.82) is 0 Å². The highest BCUT2D eigenvalue weighted by Gasteiger charge is 2.27. The summed E-state index contributed by atoms with van der Waals surface area (Å²) in [6.45, 7) is 0. The SMILES string of the molecule is CNC1CCCCC1OC1CCCCCC1. The highest BCUT2D eigenvalue weighted by molar-refractivity contribution is 4.82. The minimum Gasteiger partial charge on any atom is -0.373 e. The molecule has 0 aromatic rings. The average Bonchev–Trinajstić information content (AvgIpc) is 2.58. The van der Waals surface area contributed by atoms with E-state index < -0.39 is 0 Å². The summed E-state index contributed by atoms with van der Waals surface area (Å²) in [7, 11) is 2.08. The molecule has 2 fully saturated rings. The van der Waals surface area contributed by atoms with Crippen molar-refractivity contribution in [2.24, 2.45) is 0 Å². The fraction of sp³-hybridized carbons (Fsp3) is 1.00. The second-order valence-electron chi connectivity index (χ2n) is 5.47. The number of ether oxygens (including phenoxy) is 1. The van der Waals surface area contributed by atoms with Crippen LogP contribution in [0.2, 0.25) is 0 Å². The largest absolute Gasteiger partial charge is 0.373 e. The van der Waals surface area contributed by atoms with Crippen molar-refractivity contribution < 1.29 is 4.74 Å². The zero-order chi connectivity index (χ0) is 11.2. The van der Waals surface area contributed by atoms with Crippen LogP contribution in [0.4, 0.5) is 0 Å². The van der Waals surface area contributed by atoms with Gasteiger partial charge in [0.05, 0.1) is 12.2 Å². The normalized spacial score (nSPS) is 33.6. The molecule has 0 aromatic carbocycles. The van der Waals surface area contributed by atoms with Crippen molar-refractivity contribution in [1.82, 2.24) is 5.32 Å². The molecule has 2 aliphatic rings. The molecule has 2 rings (SSSR count). The van der Waals surface area contributed by atoms with Gasteiger partial charge < -0.3 is 10.1 Å². The van der Waals surface area contributed by atoms with Gasteiger partial charge in [0.15, 0.2) is 0 Å². The van der Waals surface area contributed by atoms with E-state index in [0.29, 0.717) is 18.2 Å². The van der Waals surface area contributed by atoms with Crippen molar-refractivity contribution in [2.45, 2.75) is 82.5 Å². The Hall–Kier alpha value is -0.0800. The fourth-order valence-electron chi connectivity index (χ4n) is 3.22. The number of hydrogen-bond acceptors (Lipinski definition) is 2. The summed E-state index contributed by atoms with van der Waals surface area (Å²) >= 11 is 0. The molecule has 2 nitrogen and oxygen atoms in total. The smallest absolute Gasteiger partial charge is 0.0731 e. The van der Waals surface area contributed by atoms with Crippen LogP contribution in [-0.4, -0.2) is 25.3 Å². The van der Waals surface area contributed by atoms with Crippen LogP contribution in [0.25, 0.3) is 0 Å². The molecule has 1 N–H and O–H groups in total. The van der Waals surface area contributed by atoms with Crippen molar-refractivity contribution in [3.63, 3.8) is 0 Å². The molecule has 0 saturated heterocycles. The molecule has 2 unspecified atom stereocenters. The maximum atomic E-state index is 6.35. The molecular formula is C14H27NO. The molecule has 0 amide bonds. The zero-order valence-corrected chi connectivity index (χ0v) is 10.7. The van der Waals surface area contributed by atoms with E-state index in [0.717, 1.165) is 0 Å². The van der Waals surface area contributed by atoms with E-state index in [9.17, 15) is 0 Å². The van der Waals surface area contributed by atoms with E-state index in [1.54, 1.807) is 0 Å². The second kappa shape index (κ2) is 6.61. The third-order valence-corrected chi connectivity index (χ3v) is 4.24. The third kappa shape index (κ3) is 3.46. The highest BCUT2D eigenvalue weighted by Crippen LogP contribution is 2.26. The summed E-state index contributed by atoms with van der Waals surface area (Å²) < 4.78 is 6.35. The summed E-state index contributed by atoms with van der Waals surface area (Å²) in [4.78, 5) is 0. The summed E-state index contributed by atoms with van der Waals surface area (Å²) in [6.07, 6.45) is 14.5. The Balaban J connectivity index is 1.81. The Morgan fingerprint density at radius 1 is 0.812 bits per heavy atom. The number of hydrogen-bond donors (Lipinski definition) is 1. The lowest BCUT2D eigenvalue weighted by Gasteiger charge is -2.34. The Kier molecular flexibility index (Phi) is 5.11. The van der Waals surface area contributed by atoms with Crippen LogP contribution in [0.5, 0.6) is 0 Å². The van der Waals surface area contributed by atoms with Crippen LogP contribution in [0.1, 0.15) is 64.2 Å². The Morgan fingerprint density at radius 2 is 1.44 bits per heavy atom. The topological polar surface area (TPSA) is 21.3 Å². The van der Waals surface area contributed by atoms with Gasteiger partial charge in [0.2, 0.25) is 0 Å². The Morgan fingerprint density at radius 3 is 2.12 bits per heavy atom. The van der Waals surface area contributed by atoms with E-state index in [1.165, 1.54) is 64.2 Å². The van der Waals surface area contributed by atoms with E-state index >= 15 is 0 Å². The summed E-state index contributed by atoms with van der Waals surface area (Å²) in [5.41, 5.74) is 0. The molecule has 2 atom stereocenters. The zero-order valence-electron chi connectivity index (χ0n) is 10.7. The maximum Gasteiger partial charge on any atom is 0.0731 e. The van der Waals surface area contributed by atoms with Gasteiger partial charge in [-0.15, -0.1) is 0 Å². The third-order valence-electron chi connectivity index (χ3n) is 4.24. The molecule has 2 saturated carbocycles. The lowest BCUT2D eigenvalue weighted by molar-refractivity contribution is -0.0508. The van der Waals surface area contributed by atoms with E-state index in [1.807, 2.05) is 0 Å². The van der Waals surface area contributed by atoms with Gasteiger partial charge >= 0.3 is 0 Å². The molecule has 2 heteroatoms. The summed E-state index contributed by atoms with van der Waals surface area (Å²) in [5.74, 6) is 0. The van der Waals surface area contributed by atoms with Crippen LogP contribution >= 0.6 is 0 Å². The van der Waals surface area contributed by atoms with Gasteiger partial charge in [-0.05, 0) is 32.7 Å². The van der Waals surface area contributed by atoms with Crippen molar-refractivity contribution in [3.8, 4) is 0 Å². The standard InChI is InChI=1S/C14H27NO/c1-15-13-10-6-7-11-14(13)16-12-8-4-2-3-5-9-12/h12-15H,2-11H2,1H3. The molecule has 94 valence electrons. The predicted octanol–water partition coefficient (Wildman–Crippen LogP) is 3.26. The molecule has 0 heterocycles. The molecule has 2 aliphatic carbocycles. The highest BCUT2D eigenvalue weighted by atomic mass is 16.5. The van der Waals surface area contributed by atoms with Crippen molar-refractivity contribution in [2.75, 3.05) is 7.05 Å². The van der Waals surface area contributed by atoms with Crippen LogP contribution in [0, 0.1) is 0 Å². The molecule has 0 aliphatic heterocycles. The van der Waals surface area contributed by atoms with Gasteiger partial charge in [-0.25, -0.2) is 0 Å². The first-order valence-electron chi connectivity index (χ1n) is 7.23. The number of likely N-dealkylation sites (N-methyl/N-ethyl adjacent to an activating group) is 1. The minimum atomic E-state index is 0.488. The minimum absolute atomic E-state index is 0.488. The number of rotatable bonds is 3. The Labute approximate surface area is 100 Å². The van der Waals surface area contributed by atoms with Gasteiger partial charge in [-0.2, -0.15) is 0 Å². The lowest BCUT2D eigenvalue weighted by atomic mass is 9.92. The number of nitrogens with one attached hydrogen (secondary N) is 1. The van der Waals surface area contributed by atoms with Crippen LogP contribution in [0.3, 0.4) is 0 Å². The Bertz CT molecular complexity index is 187. The first-order chi connectivity index (χ1) is 7.90. The predicted molar refractivity (Wildman–Crippen MR) is 67.7 cm³/mol. The van der Waals surface area contributed by atoms with E-state index in [-0.39, 0.29) is 0 Å². The first-order valence-corrected chi connectivity index (χ1v) is 7.23. The van der Waals surface area contributed by atoms with Gasteiger partial charge in [-0.1, -0.05) is 38.5 Å². The maximum absolute atomic E-state index is 6.35. The monoisotopic (exact) mass is 225 g/mol. The van der Waals surface area contributed by atoms with Crippen molar-refractivity contribution in [3.05, 3.63) is 0 Å². The quantitative estimate of drug-likeness (QED) is 0.744. The first kappa shape index (κ1) is 12.4. The second-order valence-corrected chi connectivity index (χ2v) is 5.47. The van der Waals surface area contributed by atoms with Crippen LogP contribution < -0.4 is 5.32 Å². The molecule has 0 aromatic heterocycles. The van der Waals surface area contributed by atoms with Crippen molar-refractivity contribution >= 4 is 0 Å². The van der Waals surface area contributed by atoms with Gasteiger partial charge in [0, 0.05) is 6.04 Å². The molecule has 0 bridgehead atoms. The molecular weight excluding hydrogens is 198 g/mol. The van der Waals surface area contributed by atoms with Crippen LogP contribution in [0.15, 0.2) is 0 Å². The van der Waals surface area contributed by atoms with E-state index in [2.05, 4.69) is 12.4 Å².